The van der Waals surface area contributed by atoms with E-state index >= 15 is 0 Å². The molecule has 0 aromatic heterocycles. The molecule has 0 radical (unpaired) electrons. The first kappa shape index (κ1) is 17.8. The molecule has 0 bridgehead atoms. The van der Waals surface area contributed by atoms with Crippen LogP contribution < -0.4 is 5.32 Å². The van der Waals surface area contributed by atoms with Crippen LogP contribution in [0.4, 0.5) is 0 Å². The van der Waals surface area contributed by atoms with Crippen LogP contribution in [0.3, 0.4) is 0 Å². The van der Waals surface area contributed by atoms with Gasteiger partial charge in [-0.05, 0) is 30.0 Å². The smallest absolute Gasteiger partial charge is 0.328 e. The number of benzene rings is 1. The Balaban J connectivity index is 2.68. The van der Waals surface area contributed by atoms with E-state index in [0.717, 1.165) is 5.56 Å². The second kappa shape index (κ2) is 8.25. The van der Waals surface area contributed by atoms with Gasteiger partial charge in [0.25, 0.3) is 0 Å². The highest BCUT2D eigenvalue weighted by molar-refractivity contribution is 6.42. The summed E-state index contributed by atoms with van der Waals surface area (Å²) in [7, 11) is 1.31. The van der Waals surface area contributed by atoms with Crippen LogP contribution in [0.2, 0.25) is 10.0 Å². The van der Waals surface area contributed by atoms with Crippen molar-refractivity contribution in [3.05, 3.63) is 33.8 Å². The van der Waals surface area contributed by atoms with E-state index in [2.05, 4.69) is 5.32 Å². The molecule has 116 valence electrons. The van der Waals surface area contributed by atoms with E-state index in [1.54, 1.807) is 18.2 Å². The molecule has 0 aliphatic heterocycles. The van der Waals surface area contributed by atoms with Crippen LogP contribution in [-0.2, 0) is 20.7 Å². The van der Waals surface area contributed by atoms with Gasteiger partial charge in [-0.25, -0.2) is 4.79 Å². The van der Waals surface area contributed by atoms with E-state index in [1.807, 2.05) is 13.8 Å². The Kier molecular flexibility index (Phi) is 6.99. The number of nitrogens with one attached hydrogen (secondary N) is 1. The highest BCUT2D eigenvalue weighted by Crippen LogP contribution is 2.22. The summed E-state index contributed by atoms with van der Waals surface area (Å²) in [5, 5.41) is 3.53. The van der Waals surface area contributed by atoms with Crippen LogP contribution in [0.15, 0.2) is 18.2 Å². The molecule has 21 heavy (non-hydrogen) atoms. The predicted octanol–water partition coefficient (Wildman–Crippen LogP) is 3.24. The monoisotopic (exact) mass is 331 g/mol. The Hall–Kier alpha value is -1.26. The first-order valence-corrected chi connectivity index (χ1v) is 7.40. The molecule has 1 amide bonds. The molecule has 1 aromatic carbocycles. The summed E-state index contributed by atoms with van der Waals surface area (Å²) in [4.78, 5) is 23.7. The average molecular weight is 332 g/mol. The summed E-state index contributed by atoms with van der Waals surface area (Å²) in [6, 6.07) is 4.37. The van der Waals surface area contributed by atoms with E-state index in [1.165, 1.54) is 7.11 Å². The molecule has 1 rings (SSSR count). The number of hydrogen-bond donors (Lipinski definition) is 1. The Labute approximate surface area is 134 Å². The fourth-order valence-electron chi connectivity index (χ4n) is 1.91. The normalized spacial score (nSPS) is 12.1. The number of amides is 1. The van der Waals surface area contributed by atoms with Gasteiger partial charge in [-0.1, -0.05) is 43.1 Å². The number of methoxy groups -OCH3 is 1. The van der Waals surface area contributed by atoms with Crippen molar-refractivity contribution in [2.75, 3.05) is 7.11 Å². The number of carbonyl (C=O) groups excluding carboxylic acids is 2. The third-order valence-electron chi connectivity index (χ3n) is 2.88. The first-order chi connectivity index (χ1) is 9.83. The van der Waals surface area contributed by atoms with Gasteiger partial charge >= 0.3 is 5.97 Å². The molecule has 1 N–H and O–H groups in total. The zero-order valence-electron chi connectivity index (χ0n) is 12.3. The lowest BCUT2D eigenvalue weighted by molar-refractivity contribution is -0.145. The van der Waals surface area contributed by atoms with Crippen molar-refractivity contribution in [1.82, 2.24) is 5.32 Å². The predicted molar refractivity (Wildman–Crippen MR) is 83.6 cm³/mol. The maximum atomic E-state index is 12.0. The summed E-state index contributed by atoms with van der Waals surface area (Å²) >= 11 is 11.7. The molecule has 0 spiro atoms. The highest BCUT2D eigenvalue weighted by Gasteiger charge is 2.22. The molecule has 1 unspecified atom stereocenters. The zero-order chi connectivity index (χ0) is 16.0. The third kappa shape index (κ3) is 5.94. The second-order valence-corrected chi connectivity index (χ2v) is 6.01. The SMILES string of the molecule is COC(=O)C(CC(C)C)NC(=O)Cc1ccc(Cl)c(Cl)c1. The van der Waals surface area contributed by atoms with E-state index < -0.39 is 12.0 Å². The minimum atomic E-state index is -0.634. The van der Waals surface area contributed by atoms with E-state index in [9.17, 15) is 9.59 Å². The number of rotatable bonds is 6. The zero-order valence-corrected chi connectivity index (χ0v) is 13.8. The quantitative estimate of drug-likeness (QED) is 0.814. The van der Waals surface area contributed by atoms with Crippen LogP contribution in [0.1, 0.15) is 25.8 Å². The number of ether oxygens (including phenoxy) is 1. The van der Waals surface area contributed by atoms with Crippen molar-refractivity contribution in [3.63, 3.8) is 0 Å². The van der Waals surface area contributed by atoms with Gasteiger partial charge in [0, 0.05) is 0 Å². The van der Waals surface area contributed by atoms with E-state index in [4.69, 9.17) is 27.9 Å². The highest BCUT2D eigenvalue weighted by atomic mass is 35.5. The lowest BCUT2D eigenvalue weighted by Gasteiger charge is -2.18. The molecule has 4 nitrogen and oxygen atoms in total. The molecule has 1 aromatic rings. The van der Waals surface area contributed by atoms with Gasteiger partial charge in [0.05, 0.1) is 23.6 Å². The van der Waals surface area contributed by atoms with Crippen LogP contribution in [0.25, 0.3) is 0 Å². The largest absolute Gasteiger partial charge is 0.467 e. The summed E-state index contributed by atoms with van der Waals surface area (Å²) in [6.07, 6.45) is 0.655. The Morgan fingerprint density at radius 1 is 1.24 bits per heavy atom. The van der Waals surface area contributed by atoms with Crippen LogP contribution in [0, 0.1) is 5.92 Å². The molecule has 0 saturated carbocycles. The van der Waals surface area contributed by atoms with Crippen molar-refractivity contribution in [1.29, 1.82) is 0 Å². The van der Waals surface area contributed by atoms with Crippen molar-refractivity contribution in [3.8, 4) is 0 Å². The van der Waals surface area contributed by atoms with Crippen LogP contribution >= 0.6 is 23.2 Å². The summed E-state index contributed by atoms with van der Waals surface area (Å²) in [5.74, 6) is -0.435. The van der Waals surface area contributed by atoms with Gasteiger partial charge < -0.3 is 10.1 Å². The summed E-state index contributed by atoms with van der Waals surface area (Å²) in [5.41, 5.74) is 0.732. The molecule has 0 aliphatic carbocycles. The molecule has 0 fully saturated rings. The van der Waals surface area contributed by atoms with Crippen molar-refractivity contribution in [2.45, 2.75) is 32.7 Å². The number of hydrogen-bond acceptors (Lipinski definition) is 3. The topological polar surface area (TPSA) is 55.4 Å². The van der Waals surface area contributed by atoms with Crippen molar-refractivity contribution < 1.29 is 14.3 Å². The third-order valence-corrected chi connectivity index (χ3v) is 3.62. The van der Waals surface area contributed by atoms with Crippen molar-refractivity contribution >= 4 is 35.1 Å². The lowest BCUT2D eigenvalue weighted by atomic mass is 10.0. The van der Waals surface area contributed by atoms with Gasteiger partial charge in [0.1, 0.15) is 6.04 Å². The fourth-order valence-corrected chi connectivity index (χ4v) is 2.23. The molecule has 0 saturated heterocycles. The van der Waals surface area contributed by atoms with E-state index in [-0.39, 0.29) is 18.2 Å². The van der Waals surface area contributed by atoms with Gasteiger partial charge in [-0.15, -0.1) is 0 Å². The molecule has 0 aliphatic rings. The van der Waals surface area contributed by atoms with Gasteiger partial charge in [-0.3, -0.25) is 4.79 Å². The average Bonchev–Trinajstić information content (AvgIpc) is 2.40. The second-order valence-electron chi connectivity index (χ2n) is 5.20. The molecule has 0 heterocycles. The van der Waals surface area contributed by atoms with E-state index in [0.29, 0.717) is 16.5 Å². The maximum Gasteiger partial charge on any atom is 0.328 e. The maximum absolute atomic E-state index is 12.0. The van der Waals surface area contributed by atoms with Gasteiger partial charge in [0.2, 0.25) is 5.91 Å². The number of esters is 1. The number of halogens is 2. The van der Waals surface area contributed by atoms with Gasteiger partial charge in [0.15, 0.2) is 0 Å². The Morgan fingerprint density at radius 2 is 1.90 bits per heavy atom. The van der Waals surface area contributed by atoms with Crippen molar-refractivity contribution in [2.24, 2.45) is 5.92 Å². The Morgan fingerprint density at radius 3 is 2.43 bits per heavy atom. The standard InChI is InChI=1S/C15H19Cl2NO3/c1-9(2)6-13(15(20)21-3)18-14(19)8-10-4-5-11(16)12(17)7-10/h4-5,7,9,13H,6,8H2,1-3H3,(H,18,19). The number of carbonyl (C=O) groups is 2. The van der Waals surface area contributed by atoms with Gasteiger partial charge in [-0.2, -0.15) is 0 Å². The fraction of sp³-hybridized carbons (Fsp3) is 0.467. The molecular weight excluding hydrogens is 313 g/mol. The molecular formula is C15H19Cl2NO3. The Bertz CT molecular complexity index is 518. The first-order valence-electron chi connectivity index (χ1n) is 6.64. The summed E-state index contributed by atoms with van der Waals surface area (Å²) in [6.45, 7) is 3.95. The minimum absolute atomic E-state index is 0.127. The summed E-state index contributed by atoms with van der Waals surface area (Å²) < 4.78 is 4.71. The van der Waals surface area contributed by atoms with Crippen LogP contribution in [-0.4, -0.2) is 25.0 Å². The molecule has 1 atom stereocenters. The molecule has 6 heteroatoms. The van der Waals surface area contributed by atoms with Crippen LogP contribution in [0.5, 0.6) is 0 Å². The lowest BCUT2D eigenvalue weighted by Crippen LogP contribution is -2.43. The minimum Gasteiger partial charge on any atom is -0.467 e.